The number of amides is 1. The monoisotopic (exact) mass is 352 g/mol. The summed E-state index contributed by atoms with van der Waals surface area (Å²) in [5.74, 6) is 0.0744. The molecule has 0 atom stereocenters. The number of nitrogens with zero attached hydrogens (tertiary/aromatic N) is 3. The van der Waals surface area contributed by atoms with Crippen LogP contribution in [-0.4, -0.2) is 20.7 Å². The molecule has 7 heteroatoms. The van der Waals surface area contributed by atoms with Crippen LogP contribution in [0.5, 0.6) is 0 Å². The van der Waals surface area contributed by atoms with Crippen LogP contribution < -0.4 is 5.32 Å². The Bertz CT molecular complexity index is 1050. The summed E-state index contributed by atoms with van der Waals surface area (Å²) in [4.78, 5) is 17.3. The van der Waals surface area contributed by atoms with Crippen molar-refractivity contribution in [3.05, 3.63) is 71.2 Å². The van der Waals surface area contributed by atoms with Gasteiger partial charge in [-0.1, -0.05) is 6.07 Å². The van der Waals surface area contributed by atoms with Gasteiger partial charge in [-0.15, -0.1) is 11.3 Å². The first-order valence-electron chi connectivity index (χ1n) is 7.58. The van der Waals surface area contributed by atoms with Crippen LogP contribution in [0.15, 0.2) is 55.0 Å². The summed E-state index contributed by atoms with van der Waals surface area (Å²) < 4.78 is 16.4. The second-order valence-corrected chi connectivity index (χ2v) is 6.53. The third-order valence-electron chi connectivity index (χ3n) is 3.85. The van der Waals surface area contributed by atoms with Crippen LogP contribution in [0.1, 0.15) is 15.2 Å². The fraction of sp³-hybridized carbons (Fsp3) is 0.0556. The number of fused-ring (bicyclic) bond motifs is 1. The number of hydrogen-bond donors (Lipinski definition) is 1. The van der Waals surface area contributed by atoms with Crippen molar-refractivity contribution in [2.45, 2.75) is 6.92 Å². The van der Waals surface area contributed by atoms with Crippen molar-refractivity contribution in [3.63, 3.8) is 0 Å². The first kappa shape index (κ1) is 15.5. The van der Waals surface area contributed by atoms with Gasteiger partial charge >= 0.3 is 0 Å². The third-order valence-corrected chi connectivity index (χ3v) is 5.11. The highest BCUT2D eigenvalue weighted by atomic mass is 32.1. The van der Waals surface area contributed by atoms with Crippen molar-refractivity contribution in [2.75, 3.05) is 5.32 Å². The number of anilines is 1. The van der Waals surface area contributed by atoms with Crippen molar-refractivity contribution < 1.29 is 9.18 Å². The minimum absolute atomic E-state index is 0.272. The minimum Gasteiger partial charge on any atom is -0.320 e. The zero-order valence-corrected chi connectivity index (χ0v) is 14.0. The molecule has 0 unspecified atom stereocenters. The summed E-state index contributed by atoms with van der Waals surface area (Å²) in [5.41, 5.74) is 1.22. The average Bonchev–Trinajstić information content (AvgIpc) is 3.25. The van der Waals surface area contributed by atoms with E-state index >= 15 is 0 Å². The van der Waals surface area contributed by atoms with Gasteiger partial charge in [-0.3, -0.25) is 4.79 Å². The first-order chi connectivity index (χ1) is 12.1. The second-order valence-electron chi connectivity index (χ2n) is 5.48. The second kappa shape index (κ2) is 6.10. The van der Waals surface area contributed by atoms with Crippen LogP contribution in [0.25, 0.3) is 15.9 Å². The molecule has 1 aromatic carbocycles. The summed E-state index contributed by atoms with van der Waals surface area (Å²) >= 11 is 1.28. The van der Waals surface area contributed by atoms with Crippen molar-refractivity contribution in [1.29, 1.82) is 0 Å². The van der Waals surface area contributed by atoms with Gasteiger partial charge in [-0.2, -0.15) is 5.10 Å². The molecule has 3 heterocycles. The zero-order chi connectivity index (χ0) is 17.4. The number of benzene rings is 1. The maximum atomic E-state index is 14.0. The number of pyridine rings is 1. The summed E-state index contributed by atoms with van der Waals surface area (Å²) in [7, 11) is 0. The number of aryl methyl sites for hydroxylation is 1. The average molecular weight is 352 g/mol. The predicted molar refractivity (Wildman–Crippen MR) is 95.8 cm³/mol. The van der Waals surface area contributed by atoms with E-state index in [-0.39, 0.29) is 11.7 Å². The summed E-state index contributed by atoms with van der Waals surface area (Å²) in [6.45, 7) is 1.76. The molecule has 0 saturated carbocycles. The van der Waals surface area contributed by atoms with Gasteiger partial charge in [0.1, 0.15) is 5.82 Å². The lowest BCUT2D eigenvalue weighted by atomic mass is 10.1. The highest BCUT2D eigenvalue weighted by Crippen LogP contribution is 2.33. The molecule has 124 valence electrons. The van der Waals surface area contributed by atoms with E-state index in [0.29, 0.717) is 27.3 Å². The molecule has 0 aliphatic rings. The van der Waals surface area contributed by atoms with Crippen LogP contribution in [0, 0.1) is 12.7 Å². The summed E-state index contributed by atoms with van der Waals surface area (Å²) in [6, 6.07) is 10.2. The van der Waals surface area contributed by atoms with Gasteiger partial charge in [0.05, 0.1) is 16.8 Å². The van der Waals surface area contributed by atoms with Gasteiger partial charge in [-0.05, 0) is 42.8 Å². The minimum atomic E-state index is -0.310. The molecule has 25 heavy (non-hydrogen) atoms. The SMILES string of the molecule is Cc1c(C(=O)Nc2ccc(-n3cccn3)nc2)sc2cccc(F)c12. The Balaban J connectivity index is 1.60. The van der Waals surface area contributed by atoms with Crippen LogP contribution in [0.2, 0.25) is 0 Å². The molecule has 0 fully saturated rings. The summed E-state index contributed by atoms with van der Waals surface area (Å²) in [6.07, 6.45) is 5.02. The van der Waals surface area contributed by atoms with E-state index < -0.39 is 0 Å². The van der Waals surface area contributed by atoms with E-state index in [2.05, 4.69) is 15.4 Å². The van der Waals surface area contributed by atoms with Gasteiger partial charge in [0.25, 0.3) is 5.91 Å². The van der Waals surface area contributed by atoms with Crippen molar-refractivity contribution in [1.82, 2.24) is 14.8 Å². The molecular formula is C18H13FN4OS. The lowest BCUT2D eigenvalue weighted by Crippen LogP contribution is -2.12. The molecule has 4 rings (SSSR count). The van der Waals surface area contributed by atoms with Crippen molar-refractivity contribution in [3.8, 4) is 5.82 Å². The van der Waals surface area contributed by atoms with Gasteiger partial charge in [-0.25, -0.2) is 14.1 Å². The van der Waals surface area contributed by atoms with Gasteiger partial charge in [0, 0.05) is 22.5 Å². The van der Waals surface area contributed by atoms with E-state index in [0.717, 1.165) is 4.70 Å². The Morgan fingerprint density at radius 1 is 1.24 bits per heavy atom. The van der Waals surface area contributed by atoms with Crippen LogP contribution in [0.3, 0.4) is 0 Å². The Labute approximate surface area is 146 Å². The number of halogens is 1. The Morgan fingerprint density at radius 3 is 2.80 bits per heavy atom. The lowest BCUT2D eigenvalue weighted by molar-refractivity contribution is 0.103. The fourth-order valence-corrected chi connectivity index (χ4v) is 3.78. The molecule has 0 aliphatic carbocycles. The molecule has 0 radical (unpaired) electrons. The smallest absolute Gasteiger partial charge is 0.266 e. The quantitative estimate of drug-likeness (QED) is 0.602. The molecular weight excluding hydrogens is 339 g/mol. The van der Waals surface area contributed by atoms with Crippen LogP contribution in [0.4, 0.5) is 10.1 Å². The molecule has 0 spiro atoms. The van der Waals surface area contributed by atoms with Gasteiger partial charge in [0.15, 0.2) is 5.82 Å². The number of nitrogens with one attached hydrogen (secondary N) is 1. The third kappa shape index (κ3) is 2.78. The molecule has 5 nitrogen and oxygen atoms in total. The topological polar surface area (TPSA) is 59.8 Å². The number of thiophene rings is 1. The molecule has 1 amide bonds. The maximum Gasteiger partial charge on any atom is 0.266 e. The molecule has 4 aromatic rings. The van der Waals surface area contributed by atoms with Crippen LogP contribution in [-0.2, 0) is 0 Å². The van der Waals surface area contributed by atoms with Gasteiger partial charge in [0.2, 0.25) is 0 Å². The van der Waals surface area contributed by atoms with E-state index in [1.54, 1.807) is 54.5 Å². The van der Waals surface area contributed by atoms with E-state index in [4.69, 9.17) is 0 Å². The maximum absolute atomic E-state index is 14.0. The molecule has 0 bridgehead atoms. The number of rotatable bonds is 3. The zero-order valence-electron chi connectivity index (χ0n) is 13.2. The molecule has 0 aliphatic heterocycles. The van der Waals surface area contributed by atoms with E-state index in [9.17, 15) is 9.18 Å². The largest absolute Gasteiger partial charge is 0.320 e. The van der Waals surface area contributed by atoms with E-state index in [1.165, 1.54) is 17.4 Å². The van der Waals surface area contributed by atoms with Gasteiger partial charge < -0.3 is 5.32 Å². The Kier molecular flexibility index (Phi) is 3.77. The predicted octanol–water partition coefficient (Wildman–Crippen LogP) is 4.18. The fourth-order valence-electron chi connectivity index (χ4n) is 2.66. The standard InChI is InChI=1S/C18H13FN4OS/c1-11-16-13(19)4-2-5-14(16)25-17(11)18(24)22-12-6-7-15(20-10-12)23-9-3-8-21-23/h2-10H,1H3,(H,22,24). The summed E-state index contributed by atoms with van der Waals surface area (Å²) in [5, 5.41) is 7.42. The molecule has 0 saturated heterocycles. The lowest BCUT2D eigenvalue weighted by Gasteiger charge is -2.05. The van der Waals surface area contributed by atoms with E-state index in [1.807, 2.05) is 6.07 Å². The Hall–Kier alpha value is -3.06. The normalized spacial score (nSPS) is 11.0. The highest BCUT2D eigenvalue weighted by molar-refractivity contribution is 7.21. The number of carbonyl (C=O) groups is 1. The number of hydrogen-bond acceptors (Lipinski definition) is 4. The first-order valence-corrected chi connectivity index (χ1v) is 8.40. The molecule has 3 aromatic heterocycles. The molecule has 1 N–H and O–H groups in total. The van der Waals surface area contributed by atoms with Crippen LogP contribution >= 0.6 is 11.3 Å². The number of carbonyl (C=O) groups excluding carboxylic acids is 1. The highest BCUT2D eigenvalue weighted by Gasteiger charge is 2.18. The van der Waals surface area contributed by atoms with Crippen molar-refractivity contribution >= 4 is 33.0 Å². The van der Waals surface area contributed by atoms with Crippen molar-refractivity contribution in [2.24, 2.45) is 0 Å². The number of aromatic nitrogens is 3. The Morgan fingerprint density at radius 2 is 2.12 bits per heavy atom.